The zero-order valence-corrected chi connectivity index (χ0v) is 14.7. The van der Waals surface area contributed by atoms with E-state index in [2.05, 4.69) is 14.9 Å². The number of ether oxygens (including phenoxy) is 1. The van der Waals surface area contributed by atoms with Crippen LogP contribution in [0.4, 0.5) is 4.39 Å². The molecule has 1 N–H and O–H groups in total. The normalized spacial score (nSPS) is 19.1. The molecule has 1 aromatic heterocycles. The zero-order valence-electron chi connectivity index (χ0n) is 14.7. The number of carbonyl (C=O) groups excluding carboxylic acids is 1. The van der Waals surface area contributed by atoms with Gasteiger partial charge in [0.25, 0.3) is 0 Å². The Morgan fingerprint density at radius 1 is 1.48 bits per heavy atom. The fraction of sp³-hybridized carbons (Fsp3) is 0.474. The molecule has 0 amide bonds. The quantitative estimate of drug-likeness (QED) is 0.811. The molecule has 3 rings (SSSR count). The molecule has 1 saturated heterocycles. The molecule has 2 aromatic rings. The number of hydrogen-bond donors (Lipinski definition) is 1. The summed E-state index contributed by atoms with van der Waals surface area (Å²) in [4.78, 5) is 22.0. The molecule has 0 spiro atoms. The van der Waals surface area contributed by atoms with Crippen LogP contribution >= 0.6 is 0 Å². The molecule has 1 aromatic carbocycles. The average Bonchev–Trinajstić information content (AvgIpc) is 3.28. The van der Waals surface area contributed by atoms with Gasteiger partial charge in [0, 0.05) is 5.56 Å². The lowest BCUT2D eigenvalue weighted by atomic mass is 10.1. The highest BCUT2D eigenvalue weighted by atomic mass is 19.1. The molecule has 134 valence electrons. The Bertz CT molecular complexity index is 731. The number of aromatic amines is 1. The monoisotopic (exact) mass is 345 g/mol. The van der Waals surface area contributed by atoms with E-state index in [0.29, 0.717) is 17.9 Å². The van der Waals surface area contributed by atoms with Crippen molar-refractivity contribution in [2.24, 2.45) is 0 Å². The highest BCUT2D eigenvalue weighted by molar-refractivity contribution is 5.75. The second-order valence-electron chi connectivity index (χ2n) is 6.40. The van der Waals surface area contributed by atoms with Crippen LogP contribution in [-0.2, 0) is 9.53 Å². The van der Waals surface area contributed by atoms with Crippen molar-refractivity contribution in [1.82, 2.24) is 14.9 Å². The number of H-pyrrole nitrogens is 1. The molecule has 5 nitrogen and oxygen atoms in total. The predicted molar refractivity (Wildman–Crippen MR) is 93.4 cm³/mol. The molecule has 0 unspecified atom stereocenters. The van der Waals surface area contributed by atoms with E-state index in [9.17, 15) is 9.18 Å². The molecule has 0 saturated carbocycles. The smallest absolute Gasteiger partial charge is 0.323 e. The van der Waals surface area contributed by atoms with Gasteiger partial charge in [0.05, 0.1) is 24.5 Å². The van der Waals surface area contributed by atoms with Gasteiger partial charge in [0.1, 0.15) is 17.7 Å². The van der Waals surface area contributed by atoms with E-state index in [-0.39, 0.29) is 23.9 Å². The van der Waals surface area contributed by atoms with Gasteiger partial charge in [-0.3, -0.25) is 9.69 Å². The summed E-state index contributed by atoms with van der Waals surface area (Å²) in [5, 5.41) is 0. The summed E-state index contributed by atoms with van der Waals surface area (Å²) < 4.78 is 19.3. The molecule has 1 aliphatic rings. The van der Waals surface area contributed by atoms with Gasteiger partial charge in [-0.15, -0.1) is 0 Å². The number of aromatic nitrogens is 2. The van der Waals surface area contributed by atoms with Crippen LogP contribution in [0.25, 0.3) is 11.3 Å². The fourth-order valence-corrected chi connectivity index (χ4v) is 3.33. The van der Waals surface area contributed by atoms with Crippen molar-refractivity contribution in [3.8, 4) is 11.3 Å². The summed E-state index contributed by atoms with van der Waals surface area (Å²) in [6, 6.07) is 6.32. The van der Waals surface area contributed by atoms with Crippen molar-refractivity contribution in [2.45, 2.75) is 45.2 Å². The van der Waals surface area contributed by atoms with Crippen LogP contribution in [0.2, 0.25) is 0 Å². The standard InChI is InChI=1S/C19H24FN3O2/c1-3-11-25-19(24)13(2)23-10-6-9-17(23)18-21-12-16(22-18)14-7-4-5-8-15(14)20/h4-5,7-8,12-13,17H,3,6,9-11H2,1-2H3,(H,21,22)/t13-,17+/m0/s1. The lowest BCUT2D eigenvalue weighted by Gasteiger charge is -2.28. The first-order valence-electron chi connectivity index (χ1n) is 8.84. The summed E-state index contributed by atoms with van der Waals surface area (Å²) in [6.45, 7) is 5.11. The van der Waals surface area contributed by atoms with Crippen molar-refractivity contribution in [2.75, 3.05) is 13.2 Å². The molecule has 2 heterocycles. The van der Waals surface area contributed by atoms with Crippen LogP contribution in [0.15, 0.2) is 30.5 Å². The summed E-state index contributed by atoms with van der Waals surface area (Å²) in [5.41, 5.74) is 1.15. The SMILES string of the molecule is CCCOC(=O)[C@H](C)N1CCC[C@@H]1c1ncc(-c2ccccc2F)[nH]1. The van der Waals surface area contributed by atoms with E-state index in [0.717, 1.165) is 31.6 Å². The van der Waals surface area contributed by atoms with Crippen molar-refractivity contribution in [1.29, 1.82) is 0 Å². The van der Waals surface area contributed by atoms with Gasteiger partial charge < -0.3 is 9.72 Å². The van der Waals surface area contributed by atoms with Gasteiger partial charge in [0.2, 0.25) is 0 Å². The van der Waals surface area contributed by atoms with Crippen molar-refractivity contribution >= 4 is 5.97 Å². The molecule has 25 heavy (non-hydrogen) atoms. The Kier molecular flexibility index (Phi) is 5.48. The van der Waals surface area contributed by atoms with Crippen LogP contribution in [0, 0.1) is 5.82 Å². The number of imidazole rings is 1. The minimum Gasteiger partial charge on any atom is -0.465 e. The molecule has 6 heteroatoms. The van der Waals surface area contributed by atoms with E-state index in [4.69, 9.17) is 4.74 Å². The van der Waals surface area contributed by atoms with Gasteiger partial charge in [-0.1, -0.05) is 19.1 Å². The van der Waals surface area contributed by atoms with Gasteiger partial charge >= 0.3 is 5.97 Å². The summed E-state index contributed by atoms with van der Waals surface area (Å²) in [7, 11) is 0. The van der Waals surface area contributed by atoms with Crippen molar-refractivity contribution in [3.05, 3.63) is 42.1 Å². The van der Waals surface area contributed by atoms with Crippen molar-refractivity contribution < 1.29 is 13.9 Å². The molecule has 1 aliphatic heterocycles. The Hall–Kier alpha value is -2.21. The Morgan fingerprint density at radius 3 is 3.04 bits per heavy atom. The first kappa shape index (κ1) is 17.6. The van der Waals surface area contributed by atoms with Crippen LogP contribution in [0.3, 0.4) is 0 Å². The largest absolute Gasteiger partial charge is 0.465 e. The Labute approximate surface area is 147 Å². The first-order chi connectivity index (χ1) is 12.1. The Balaban J connectivity index is 1.77. The number of benzene rings is 1. The zero-order chi connectivity index (χ0) is 17.8. The maximum atomic E-state index is 14.0. The molecular formula is C19H24FN3O2. The Morgan fingerprint density at radius 2 is 2.28 bits per heavy atom. The van der Waals surface area contributed by atoms with Gasteiger partial charge in [-0.2, -0.15) is 0 Å². The van der Waals surface area contributed by atoms with E-state index in [1.54, 1.807) is 24.4 Å². The van der Waals surface area contributed by atoms with E-state index < -0.39 is 0 Å². The van der Waals surface area contributed by atoms with E-state index in [1.807, 2.05) is 13.8 Å². The van der Waals surface area contributed by atoms with Crippen molar-refractivity contribution in [3.63, 3.8) is 0 Å². The average molecular weight is 345 g/mol. The number of likely N-dealkylation sites (tertiary alicyclic amines) is 1. The number of nitrogens with one attached hydrogen (secondary N) is 1. The first-order valence-corrected chi connectivity index (χ1v) is 8.84. The molecule has 0 bridgehead atoms. The lowest BCUT2D eigenvalue weighted by molar-refractivity contribution is -0.149. The highest BCUT2D eigenvalue weighted by Gasteiger charge is 2.35. The maximum Gasteiger partial charge on any atom is 0.323 e. The van der Waals surface area contributed by atoms with Gasteiger partial charge in [-0.25, -0.2) is 9.37 Å². The number of halogens is 1. The summed E-state index contributed by atoms with van der Waals surface area (Å²) >= 11 is 0. The maximum absolute atomic E-state index is 14.0. The van der Waals surface area contributed by atoms with Gasteiger partial charge in [0.15, 0.2) is 0 Å². The number of carbonyl (C=O) groups is 1. The number of esters is 1. The van der Waals surface area contributed by atoms with E-state index >= 15 is 0 Å². The summed E-state index contributed by atoms with van der Waals surface area (Å²) in [6.07, 6.45) is 4.37. The third-order valence-electron chi connectivity index (χ3n) is 4.66. The van der Waals surface area contributed by atoms with E-state index in [1.165, 1.54) is 6.07 Å². The minimum atomic E-state index is -0.318. The third kappa shape index (κ3) is 3.74. The second kappa shape index (κ2) is 7.78. The topological polar surface area (TPSA) is 58.2 Å². The highest BCUT2D eigenvalue weighted by Crippen LogP contribution is 2.33. The molecule has 2 atom stereocenters. The van der Waals surface area contributed by atoms with Crippen LogP contribution in [-0.4, -0.2) is 40.0 Å². The lowest BCUT2D eigenvalue weighted by Crippen LogP contribution is -2.40. The number of nitrogens with zero attached hydrogens (tertiary/aromatic N) is 2. The minimum absolute atomic E-state index is 0.0182. The van der Waals surface area contributed by atoms with Crippen LogP contribution in [0.1, 0.15) is 45.0 Å². The fourth-order valence-electron chi connectivity index (χ4n) is 3.33. The van der Waals surface area contributed by atoms with Gasteiger partial charge in [-0.05, 0) is 44.9 Å². The summed E-state index contributed by atoms with van der Waals surface area (Å²) in [5.74, 6) is 0.290. The number of hydrogen-bond acceptors (Lipinski definition) is 4. The second-order valence-corrected chi connectivity index (χ2v) is 6.40. The predicted octanol–water partition coefficient (Wildman–Crippen LogP) is 3.69. The molecule has 0 radical (unpaired) electrons. The molecule has 1 fully saturated rings. The molecule has 0 aliphatic carbocycles. The van der Waals surface area contributed by atoms with Crippen LogP contribution in [0.5, 0.6) is 0 Å². The third-order valence-corrected chi connectivity index (χ3v) is 4.66. The molecular weight excluding hydrogens is 321 g/mol. The number of rotatable bonds is 6. The van der Waals surface area contributed by atoms with Crippen LogP contribution < -0.4 is 0 Å².